The zero-order valence-corrected chi connectivity index (χ0v) is 10.7. The van der Waals surface area contributed by atoms with Gasteiger partial charge in [-0.3, -0.25) is 0 Å². The van der Waals surface area contributed by atoms with E-state index in [1.165, 1.54) is 0 Å². The molecule has 5 heteroatoms. The first-order chi connectivity index (χ1) is 8.08. The van der Waals surface area contributed by atoms with Crippen LogP contribution in [0.25, 0.3) is 0 Å². The van der Waals surface area contributed by atoms with Crippen molar-refractivity contribution in [1.82, 2.24) is 4.98 Å². The minimum Gasteiger partial charge on any atom is -0.397 e. The number of benzene rings is 1. The van der Waals surface area contributed by atoms with Gasteiger partial charge >= 0.3 is 0 Å². The monoisotopic (exact) mass is 267 g/mol. The van der Waals surface area contributed by atoms with Gasteiger partial charge in [0.25, 0.3) is 0 Å². The Kier molecular flexibility index (Phi) is 3.41. The Morgan fingerprint density at radius 1 is 1.18 bits per heavy atom. The molecule has 0 radical (unpaired) electrons. The molecule has 0 aliphatic rings. The number of nitrogens with zero attached hydrogens (tertiary/aromatic N) is 1. The molecule has 0 saturated heterocycles. The van der Waals surface area contributed by atoms with Gasteiger partial charge in [-0.05, 0) is 31.2 Å². The predicted octanol–water partition coefficient (Wildman–Crippen LogP) is 4.02. The van der Waals surface area contributed by atoms with Crippen LogP contribution < -0.4 is 11.1 Å². The molecule has 1 aromatic heterocycles. The molecule has 3 nitrogen and oxygen atoms in total. The molecule has 0 spiro atoms. The standard InChI is InChI=1S/C12H11Cl2N3/c1-7-9(15)5-6-11(16-7)17-10-4-2-3-8(13)12(10)14/h2-6H,15H2,1H3,(H,16,17). The van der Waals surface area contributed by atoms with E-state index >= 15 is 0 Å². The van der Waals surface area contributed by atoms with Gasteiger partial charge in [-0.15, -0.1) is 0 Å². The van der Waals surface area contributed by atoms with Gasteiger partial charge in [0, 0.05) is 0 Å². The highest BCUT2D eigenvalue weighted by atomic mass is 35.5. The number of rotatable bonds is 2. The third kappa shape index (κ3) is 2.62. The van der Waals surface area contributed by atoms with Gasteiger partial charge in [0.2, 0.25) is 0 Å². The summed E-state index contributed by atoms with van der Waals surface area (Å²) in [6.07, 6.45) is 0. The van der Waals surface area contributed by atoms with Crippen molar-refractivity contribution in [1.29, 1.82) is 0 Å². The molecule has 1 heterocycles. The molecular weight excluding hydrogens is 257 g/mol. The molecule has 0 fully saturated rings. The summed E-state index contributed by atoms with van der Waals surface area (Å²) in [6.45, 7) is 1.85. The van der Waals surface area contributed by atoms with Crippen LogP contribution in [-0.4, -0.2) is 4.98 Å². The van der Waals surface area contributed by atoms with Crippen molar-refractivity contribution in [2.45, 2.75) is 6.92 Å². The molecule has 0 amide bonds. The van der Waals surface area contributed by atoms with Gasteiger partial charge in [-0.2, -0.15) is 0 Å². The first-order valence-corrected chi connectivity index (χ1v) is 5.77. The van der Waals surface area contributed by atoms with Crippen LogP contribution in [-0.2, 0) is 0 Å². The quantitative estimate of drug-likeness (QED) is 0.864. The van der Waals surface area contributed by atoms with E-state index in [9.17, 15) is 0 Å². The lowest BCUT2D eigenvalue weighted by Gasteiger charge is -2.09. The van der Waals surface area contributed by atoms with Crippen molar-refractivity contribution in [3.05, 3.63) is 46.1 Å². The zero-order chi connectivity index (χ0) is 12.4. The Morgan fingerprint density at radius 3 is 2.65 bits per heavy atom. The average molecular weight is 268 g/mol. The topological polar surface area (TPSA) is 50.9 Å². The fourth-order valence-corrected chi connectivity index (χ4v) is 1.73. The van der Waals surface area contributed by atoms with E-state index in [0.29, 0.717) is 21.6 Å². The lowest BCUT2D eigenvalue weighted by molar-refractivity contribution is 1.20. The normalized spacial score (nSPS) is 10.3. The van der Waals surface area contributed by atoms with Crippen molar-refractivity contribution >= 4 is 40.4 Å². The molecule has 0 bridgehead atoms. The Labute approximate surface area is 110 Å². The number of nitrogen functional groups attached to an aromatic ring is 1. The van der Waals surface area contributed by atoms with Crippen LogP contribution in [0.5, 0.6) is 0 Å². The number of pyridine rings is 1. The highest BCUT2D eigenvalue weighted by molar-refractivity contribution is 6.43. The number of halogens is 2. The van der Waals surface area contributed by atoms with E-state index in [1.54, 1.807) is 18.2 Å². The van der Waals surface area contributed by atoms with Crippen LogP contribution in [0.1, 0.15) is 5.69 Å². The maximum absolute atomic E-state index is 6.07. The summed E-state index contributed by atoms with van der Waals surface area (Å²) in [5.41, 5.74) is 7.85. The molecule has 2 aromatic rings. The van der Waals surface area contributed by atoms with Crippen LogP contribution >= 0.6 is 23.2 Å². The fourth-order valence-electron chi connectivity index (χ4n) is 1.38. The molecule has 3 N–H and O–H groups in total. The van der Waals surface area contributed by atoms with Gasteiger partial charge in [0.1, 0.15) is 5.82 Å². The van der Waals surface area contributed by atoms with Crippen LogP contribution in [0.2, 0.25) is 10.0 Å². The molecule has 0 atom stereocenters. The van der Waals surface area contributed by atoms with Crippen molar-refractivity contribution < 1.29 is 0 Å². The molecule has 88 valence electrons. The Bertz CT molecular complexity index is 555. The molecule has 17 heavy (non-hydrogen) atoms. The lowest BCUT2D eigenvalue weighted by Crippen LogP contribution is -1.98. The second-order valence-corrected chi connectivity index (χ2v) is 4.38. The number of nitrogens with two attached hydrogens (primary N) is 1. The molecule has 2 rings (SSSR count). The predicted molar refractivity (Wildman–Crippen MR) is 73.1 cm³/mol. The van der Waals surface area contributed by atoms with Gasteiger partial charge in [-0.25, -0.2) is 4.98 Å². The smallest absolute Gasteiger partial charge is 0.130 e. The highest BCUT2D eigenvalue weighted by Crippen LogP contribution is 2.31. The minimum atomic E-state index is 0.477. The Balaban J connectivity index is 2.31. The average Bonchev–Trinajstić information content (AvgIpc) is 2.30. The molecule has 0 aliphatic carbocycles. The van der Waals surface area contributed by atoms with Crippen LogP contribution in [0.4, 0.5) is 17.2 Å². The number of hydrogen-bond acceptors (Lipinski definition) is 3. The number of hydrogen-bond donors (Lipinski definition) is 2. The summed E-state index contributed by atoms with van der Waals surface area (Å²) in [5, 5.41) is 4.08. The lowest BCUT2D eigenvalue weighted by atomic mass is 10.3. The Hall–Kier alpha value is -1.45. The number of anilines is 3. The van der Waals surface area contributed by atoms with Crippen molar-refractivity contribution in [3.8, 4) is 0 Å². The molecular formula is C12H11Cl2N3. The first-order valence-electron chi connectivity index (χ1n) is 5.02. The van der Waals surface area contributed by atoms with Crippen molar-refractivity contribution in [3.63, 3.8) is 0 Å². The maximum atomic E-state index is 6.07. The van der Waals surface area contributed by atoms with Gasteiger partial charge < -0.3 is 11.1 Å². The summed E-state index contributed by atoms with van der Waals surface area (Å²) in [5.74, 6) is 0.681. The third-order valence-electron chi connectivity index (χ3n) is 2.34. The van der Waals surface area contributed by atoms with E-state index in [0.717, 1.165) is 11.4 Å². The van der Waals surface area contributed by atoms with E-state index < -0.39 is 0 Å². The summed E-state index contributed by atoms with van der Waals surface area (Å²) in [6, 6.07) is 8.97. The van der Waals surface area contributed by atoms with Gasteiger partial charge in [0.15, 0.2) is 0 Å². The second kappa shape index (κ2) is 4.82. The van der Waals surface area contributed by atoms with Gasteiger partial charge in [0.05, 0.1) is 27.1 Å². The zero-order valence-electron chi connectivity index (χ0n) is 9.17. The number of nitrogens with one attached hydrogen (secondary N) is 1. The minimum absolute atomic E-state index is 0.477. The number of aryl methyl sites for hydroxylation is 1. The second-order valence-electron chi connectivity index (χ2n) is 3.60. The van der Waals surface area contributed by atoms with Crippen molar-refractivity contribution in [2.75, 3.05) is 11.1 Å². The van der Waals surface area contributed by atoms with E-state index in [1.807, 2.05) is 19.1 Å². The van der Waals surface area contributed by atoms with E-state index in [4.69, 9.17) is 28.9 Å². The van der Waals surface area contributed by atoms with E-state index in [2.05, 4.69) is 10.3 Å². The SMILES string of the molecule is Cc1nc(Nc2cccc(Cl)c2Cl)ccc1N. The Morgan fingerprint density at radius 2 is 1.94 bits per heavy atom. The summed E-state index contributed by atoms with van der Waals surface area (Å²) in [4.78, 5) is 4.30. The summed E-state index contributed by atoms with van der Waals surface area (Å²) < 4.78 is 0. The fraction of sp³-hybridized carbons (Fsp3) is 0.0833. The summed E-state index contributed by atoms with van der Waals surface area (Å²) in [7, 11) is 0. The van der Waals surface area contributed by atoms with E-state index in [-0.39, 0.29) is 0 Å². The molecule has 0 unspecified atom stereocenters. The van der Waals surface area contributed by atoms with Crippen LogP contribution in [0.15, 0.2) is 30.3 Å². The van der Waals surface area contributed by atoms with Crippen molar-refractivity contribution in [2.24, 2.45) is 0 Å². The van der Waals surface area contributed by atoms with Crippen LogP contribution in [0.3, 0.4) is 0 Å². The summed E-state index contributed by atoms with van der Waals surface area (Å²) >= 11 is 12.0. The first kappa shape index (κ1) is 12.0. The highest BCUT2D eigenvalue weighted by Gasteiger charge is 2.05. The van der Waals surface area contributed by atoms with Gasteiger partial charge in [-0.1, -0.05) is 29.3 Å². The van der Waals surface area contributed by atoms with Crippen LogP contribution in [0, 0.1) is 6.92 Å². The largest absolute Gasteiger partial charge is 0.397 e. The molecule has 0 aliphatic heterocycles. The third-order valence-corrected chi connectivity index (χ3v) is 3.16. The molecule has 1 aromatic carbocycles. The number of aromatic nitrogens is 1. The maximum Gasteiger partial charge on any atom is 0.130 e. The molecule has 0 saturated carbocycles.